The summed E-state index contributed by atoms with van der Waals surface area (Å²) in [5, 5.41) is 0. The van der Waals surface area contributed by atoms with Crippen molar-refractivity contribution in [1.82, 2.24) is 4.57 Å². The highest BCUT2D eigenvalue weighted by Crippen LogP contribution is 2.10. The molecule has 6 heteroatoms. The monoisotopic (exact) mass is 390 g/mol. The maximum Gasteiger partial charge on any atom is 0.248 e. The molecule has 0 bridgehead atoms. The highest BCUT2D eigenvalue weighted by molar-refractivity contribution is 7.85. The molecule has 27 heavy (non-hydrogen) atoms. The Kier molecular flexibility index (Phi) is 10.4. The van der Waals surface area contributed by atoms with E-state index in [-0.39, 0.29) is 4.90 Å². The number of benzene rings is 1. The summed E-state index contributed by atoms with van der Waals surface area (Å²) in [4.78, 5) is -0.215. The van der Waals surface area contributed by atoms with Gasteiger partial charge in [0.25, 0.3) is 0 Å². The van der Waals surface area contributed by atoms with E-state index in [0.29, 0.717) is 0 Å². The topological polar surface area (TPSA) is 66.0 Å². The summed E-state index contributed by atoms with van der Waals surface area (Å²) in [6.07, 6.45) is 17.7. The van der Waals surface area contributed by atoms with Crippen molar-refractivity contribution >= 4 is 22.4 Å². The van der Waals surface area contributed by atoms with Crippen LogP contribution < -0.4 is 4.57 Å². The Labute approximate surface area is 163 Å². The van der Waals surface area contributed by atoms with Gasteiger partial charge in [0.15, 0.2) is 0 Å². The Bertz CT molecular complexity index is 793. The number of imidazole rings is 1. The van der Waals surface area contributed by atoms with Crippen LogP contribution in [-0.2, 0) is 16.7 Å². The van der Waals surface area contributed by atoms with Crippen molar-refractivity contribution in [2.24, 2.45) is 0 Å². The summed E-state index contributed by atoms with van der Waals surface area (Å²) in [6, 6.07) is 5.58. The predicted molar refractivity (Wildman–Crippen MR) is 109 cm³/mol. The van der Waals surface area contributed by atoms with Gasteiger partial charge < -0.3 is 4.55 Å². The van der Waals surface area contributed by atoms with Crippen molar-refractivity contribution in [2.75, 3.05) is 0 Å². The molecule has 2 rings (SSSR count). The van der Waals surface area contributed by atoms with E-state index < -0.39 is 10.1 Å². The second-order valence-corrected chi connectivity index (χ2v) is 7.66. The number of hydrogen-bond donors (Lipinski definition) is 0. The van der Waals surface area contributed by atoms with Crippen molar-refractivity contribution in [3.05, 3.63) is 61.7 Å². The molecule has 1 aromatic heterocycles. The molecular formula is C21H30N2O3S. The average molecular weight is 391 g/mol. The number of aromatic nitrogens is 2. The van der Waals surface area contributed by atoms with Gasteiger partial charge in [0.2, 0.25) is 6.33 Å². The highest BCUT2D eigenvalue weighted by atomic mass is 32.2. The minimum Gasteiger partial charge on any atom is -0.744 e. The third-order valence-corrected chi connectivity index (χ3v) is 4.95. The van der Waals surface area contributed by atoms with Gasteiger partial charge in [0.1, 0.15) is 22.5 Å². The van der Waals surface area contributed by atoms with Crippen molar-refractivity contribution in [2.45, 2.75) is 56.9 Å². The molecule has 0 saturated heterocycles. The molecule has 0 spiro atoms. The van der Waals surface area contributed by atoms with Crippen molar-refractivity contribution in [3.63, 3.8) is 0 Å². The SMILES string of the molecule is C=Cc1ccc(S(=O)(=O)[O-])cc1.C=Cn1cc[n+](CCCCCCCC)c1. The fourth-order valence-corrected chi connectivity index (χ4v) is 2.97. The van der Waals surface area contributed by atoms with Gasteiger partial charge in [-0.05, 0) is 30.5 Å². The van der Waals surface area contributed by atoms with Crippen LogP contribution in [0.5, 0.6) is 0 Å². The number of nitrogens with zero attached hydrogens (tertiary/aromatic N) is 2. The smallest absolute Gasteiger partial charge is 0.248 e. The Morgan fingerprint density at radius 3 is 2.22 bits per heavy atom. The van der Waals surface area contributed by atoms with Gasteiger partial charge >= 0.3 is 0 Å². The molecule has 0 saturated carbocycles. The third kappa shape index (κ3) is 9.35. The van der Waals surface area contributed by atoms with E-state index in [1.54, 1.807) is 6.08 Å². The van der Waals surface area contributed by atoms with E-state index in [0.717, 1.165) is 12.1 Å². The quantitative estimate of drug-likeness (QED) is 0.341. The first-order chi connectivity index (χ1) is 12.9. The molecule has 148 valence electrons. The van der Waals surface area contributed by atoms with Crippen LogP contribution in [0.25, 0.3) is 12.3 Å². The van der Waals surface area contributed by atoms with E-state index >= 15 is 0 Å². The van der Waals surface area contributed by atoms with Crippen LogP contribution in [0.2, 0.25) is 0 Å². The van der Waals surface area contributed by atoms with Gasteiger partial charge in [-0.2, -0.15) is 0 Å². The first-order valence-electron chi connectivity index (χ1n) is 9.28. The van der Waals surface area contributed by atoms with Crippen LogP contribution in [0.3, 0.4) is 0 Å². The minimum atomic E-state index is -4.31. The van der Waals surface area contributed by atoms with Crippen LogP contribution in [-0.4, -0.2) is 17.5 Å². The third-order valence-electron chi connectivity index (χ3n) is 4.10. The zero-order valence-corrected chi connectivity index (χ0v) is 16.9. The molecule has 1 aromatic carbocycles. The number of rotatable bonds is 10. The maximum atomic E-state index is 10.5. The number of hydrogen-bond acceptors (Lipinski definition) is 3. The fraction of sp³-hybridized carbons (Fsp3) is 0.381. The lowest BCUT2D eigenvalue weighted by molar-refractivity contribution is -0.696. The first kappa shape index (κ1) is 22.9. The van der Waals surface area contributed by atoms with Crippen LogP contribution in [0.15, 0.2) is 61.0 Å². The van der Waals surface area contributed by atoms with E-state index in [4.69, 9.17) is 0 Å². The molecule has 0 atom stereocenters. The normalized spacial score (nSPS) is 10.7. The van der Waals surface area contributed by atoms with Gasteiger partial charge in [0.05, 0.1) is 17.6 Å². The van der Waals surface area contributed by atoms with Gasteiger partial charge in [-0.15, -0.1) is 0 Å². The van der Waals surface area contributed by atoms with Gasteiger partial charge in [-0.3, -0.25) is 0 Å². The van der Waals surface area contributed by atoms with E-state index in [9.17, 15) is 13.0 Å². The van der Waals surface area contributed by atoms with Crippen LogP contribution >= 0.6 is 0 Å². The fourth-order valence-electron chi connectivity index (χ4n) is 2.50. The molecule has 0 aliphatic carbocycles. The van der Waals surface area contributed by atoms with Crippen molar-refractivity contribution < 1.29 is 17.5 Å². The summed E-state index contributed by atoms with van der Waals surface area (Å²) in [5.41, 5.74) is 0.780. The first-order valence-corrected chi connectivity index (χ1v) is 10.7. The predicted octanol–water partition coefficient (Wildman–Crippen LogP) is 4.47. The Morgan fingerprint density at radius 2 is 1.70 bits per heavy atom. The zero-order valence-electron chi connectivity index (χ0n) is 16.1. The molecule has 5 nitrogen and oxygen atoms in total. The second kappa shape index (κ2) is 12.3. The molecule has 0 radical (unpaired) electrons. The van der Waals surface area contributed by atoms with Crippen LogP contribution in [0, 0.1) is 0 Å². The minimum absolute atomic E-state index is 0.215. The summed E-state index contributed by atoms with van der Waals surface area (Å²) in [5.74, 6) is 0. The standard InChI is InChI=1S/C13H23N2.C8H8O3S/c1-3-5-6-7-8-9-10-15-12-11-14(4-2)13-15;1-2-7-3-5-8(6-4-7)12(9,10)11/h4,11-13H,2-3,5-10H2,1H3;2-6H,1H2,(H,9,10,11)/q+1;/p-1. The van der Waals surface area contributed by atoms with Gasteiger partial charge in [0, 0.05) is 0 Å². The Morgan fingerprint density at radius 1 is 1.07 bits per heavy atom. The van der Waals surface area contributed by atoms with Gasteiger partial charge in [-0.25, -0.2) is 17.6 Å². The summed E-state index contributed by atoms with van der Waals surface area (Å²) in [6.45, 7) is 10.6. The number of aryl methyl sites for hydroxylation is 1. The van der Waals surface area contributed by atoms with E-state index in [1.165, 1.54) is 62.8 Å². The molecule has 0 unspecified atom stereocenters. The highest BCUT2D eigenvalue weighted by Gasteiger charge is 2.00. The lowest BCUT2D eigenvalue weighted by atomic mass is 10.1. The van der Waals surface area contributed by atoms with Crippen molar-refractivity contribution in [3.8, 4) is 0 Å². The average Bonchev–Trinajstić information content (AvgIpc) is 3.12. The van der Waals surface area contributed by atoms with Gasteiger partial charge in [-0.1, -0.05) is 64.0 Å². The number of unbranched alkanes of at least 4 members (excludes halogenated alkanes) is 5. The molecular weight excluding hydrogens is 360 g/mol. The van der Waals surface area contributed by atoms with Crippen LogP contribution in [0.4, 0.5) is 0 Å². The molecule has 0 aliphatic heterocycles. The second-order valence-electron chi connectivity index (χ2n) is 6.28. The zero-order chi connectivity index (χ0) is 20.1. The molecule has 0 aliphatic rings. The van der Waals surface area contributed by atoms with Crippen LogP contribution in [0.1, 0.15) is 51.0 Å². The summed E-state index contributed by atoms with van der Waals surface area (Å²) >= 11 is 0. The van der Waals surface area contributed by atoms with E-state index in [2.05, 4.69) is 37.2 Å². The molecule has 1 heterocycles. The van der Waals surface area contributed by atoms with E-state index in [1.807, 2.05) is 17.0 Å². The lowest BCUT2D eigenvalue weighted by Gasteiger charge is -2.05. The Balaban J connectivity index is 0.000000277. The lowest BCUT2D eigenvalue weighted by Crippen LogP contribution is -2.30. The Hall–Kier alpha value is -2.18. The molecule has 0 fully saturated rings. The molecule has 0 N–H and O–H groups in total. The molecule has 2 aromatic rings. The maximum absolute atomic E-state index is 10.5. The molecule has 0 amide bonds. The summed E-state index contributed by atoms with van der Waals surface area (Å²) < 4.78 is 35.6. The van der Waals surface area contributed by atoms with Crippen molar-refractivity contribution in [1.29, 1.82) is 0 Å². The summed E-state index contributed by atoms with van der Waals surface area (Å²) in [7, 11) is -4.31. The largest absolute Gasteiger partial charge is 0.744 e.